The molecule has 0 fully saturated rings. The fourth-order valence-corrected chi connectivity index (χ4v) is 1.67. The third kappa shape index (κ3) is 5.84. The van der Waals surface area contributed by atoms with Gasteiger partial charge in [0.15, 0.2) is 0 Å². The molecule has 1 rings (SSSR count). The van der Waals surface area contributed by atoms with Gasteiger partial charge in [-0.25, -0.2) is 0 Å². The summed E-state index contributed by atoms with van der Waals surface area (Å²) in [6.45, 7) is 7.76. The maximum Gasteiger partial charge on any atom is 0.0522 e. The molecule has 4 heteroatoms. The van der Waals surface area contributed by atoms with E-state index in [1.807, 2.05) is 17.9 Å². The van der Waals surface area contributed by atoms with Crippen LogP contribution in [0.15, 0.2) is 12.4 Å². The number of nitrogens with one attached hydrogen (secondary N) is 1. The summed E-state index contributed by atoms with van der Waals surface area (Å²) in [5.74, 6) is 0. The predicted octanol–water partition coefficient (Wildman–Crippen LogP) is 1.28. The second-order valence-electron chi connectivity index (χ2n) is 4.95. The van der Waals surface area contributed by atoms with E-state index in [-0.39, 0.29) is 0 Å². The zero-order valence-electron chi connectivity index (χ0n) is 11.6. The Balaban J connectivity index is 1.98. The second kappa shape index (κ2) is 7.45. The Labute approximate surface area is 105 Å². The molecule has 0 atom stereocenters. The summed E-state index contributed by atoms with van der Waals surface area (Å²) in [5, 5.41) is 7.63. The van der Waals surface area contributed by atoms with E-state index in [0.29, 0.717) is 6.04 Å². The van der Waals surface area contributed by atoms with Crippen LogP contribution in [0, 0.1) is 0 Å². The van der Waals surface area contributed by atoms with Crippen molar-refractivity contribution in [2.24, 2.45) is 7.05 Å². The highest BCUT2D eigenvalue weighted by atomic mass is 15.2. The van der Waals surface area contributed by atoms with Crippen molar-refractivity contribution in [2.75, 3.05) is 26.7 Å². The molecule has 1 heterocycles. The van der Waals surface area contributed by atoms with E-state index in [2.05, 4.69) is 42.4 Å². The smallest absolute Gasteiger partial charge is 0.0522 e. The largest absolute Gasteiger partial charge is 0.316 e. The van der Waals surface area contributed by atoms with Crippen LogP contribution in [0.1, 0.15) is 25.8 Å². The Morgan fingerprint density at radius 3 is 2.76 bits per heavy atom. The Bertz CT molecular complexity index is 306. The summed E-state index contributed by atoms with van der Waals surface area (Å²) in [5.41, 5.74) is 1.30. The van der Waals surface area contributed by atoms with Crippen molar-refractivity contribution in [1.29, 1.82) is 0 Å². The molecule has 0 aliphatic heterocycles. The fourth-order valence-electron chi connectivity index (χ4n) is 1.67. The standard InChI is InChI=1S/C13H26N4/c1-12(2)16(3)9-5-7-14-8-6-13-10-15-17(4)11-13/h10-12,14H,5-9H2,1-4H3. The molecule has 1 N–H and O–H groups in total. The fraction of sp³-hybridized carbons (Fsp3) is 0.769. The van der Waals surface area contributed by atoms with Crippen LogP contribution in [-0.4, -0.2) is 47.4 Å². The summed E-state index contributed by atoms with van der Waals surface area (Å²) in [7, 11) is 4.14. The first kappa shape index (κ1) is 14.2. The summed E-state index contributed by atoms with van der Waals surface area (Å²) >= 11 is 0. The quantitative estimate of drug-likeness (QED) is 0.693. The maximum absolute atomic E-state index is 4.16. The third-order valence-electron chi connectivity index (χ3n) is 3.09. The van der Waals surface area contributed by atoms with Crippen molar-refractivity contribution in [2.45, 2.75) is 32.7 Å². The van der Waals surface area contributed by atoms with Gasteiger partial charge in [0.1, 0.15) is 0 Å². The first-order valence-corrected chi connectivity index (χ1v) is 6.48. The minimum absolute atomic E-state index is 0.644. The topological polar surface area (TPSA) is 33.1 Å². The number of aryl methyl sites for hydroxylation is 1. The summed E-state index contributed by atoms with van der Waals surface area (Å²) in [4.78, 5) is 2.38. The first-order chi connectivity index (χ1) is 8.09. The van der Waals surface area contributed by atoms with Gasteiger partial charge in [-0.2, -0.15) is 5.10 Å². The molecule has 0 unspecified atom stereocenters. The van der Waals surface area contributed by atoms with E-state index in [4.69, 9.17) is 0 Å². The van der Waals surface area contributed by atoms with Gasteiger partial charge in [-0.05, 0) is 58.9 Å². The van der Waals surface area contributed by atoms with E-state index >= 15 is 0 Å². The zero-order valence-corrected chi connectivity index (χ0v) is 11.6. The highest BCUT2D eigenvalue weighted by Gasteiger charge is 2.01. The SMILES string of the molecule is CC(C)N(C)CCCNCCc1cnn(C)c1. The summed E-state index contributed by atoms with van der Waals surface area (Å²) < 4.78 is 1.85. The first-order valence-electron chi connectivity index (χ1n) is 6.48. The molecule has 98 valence electrons. The number of hydrogen-bond acceptors (Lipinski definition) is 3. The molecular formula is C13H26N4. The molecule has 0 aromatic carbocycles. The van der Waals surface area contributed by atoms with Gasteiger partial charge in [0, 0.05) is 19.3 Å². The van der Waals surface area contributed by atoms with E-state index < -0.39 is 0 Å². The van der Waals surface area contributed by atoms with Crippen LogP contribution in [0.25, 0.3) is 0 Å². The van der Waals surface area contributed by atoms with E-state index in [9.17, 15) is 0 Å². The normalized spacial score (nSPS) is 11.6. The molecule has 0 aliphatic rings. The molecule has 4 nitrogen and oxygen atoms in total. The van der Waals surface area contributed by atoms with Gasteiger partial charge in [0.05, 0.1) is 6.20 Å². The summed E-state index contributed by atoms with van der Waals surface area (Å²) in [6, 6.07) is 0.644. The maximum atomic E-state index is 4.16. The lowest BCUT2D eigenvalue weighted by molar-refractivity contribution is 0.269. The average molecular weight is 238 g/mol. The molecule has 0 amide bonds. The zero-order chi connectivity index (χ0) is 12.7. The molecule has 0 saturated carbocycles. The highest BCUT2D eigenvalue weighted by molar-refractivity contribution is 5.03. The van der Waals surface area contributed by atoms with Crippen molar-refractivity contribution < 1.29 is 0 Å². The molecule has 0 bridgehead atoms. The molecule has 1 aromatic heterocycles. The lowest BCUT2D eigenvalue weighted by Crippen LogP contribution is -2.30. The van der Waals surface area contributed by atoms with Crippen LogP contribution in [-0.2, 0) is 13.5 Å². The van der Waals surface area contributed by atoms with Crippen molar-refractivity contribution in [3.63, 3.8) is 0 Å². The van der Waals surface area contributed by atoms with Crippen LogP contribution < -0.4 is 5.32 Å². The minimum atomic E-state index is 0.644. The van der Waals surface area contributed by atoms with Crippen LogP contribution >= 0.6 is 0 Å². The second-order valence-corrected chi connectivity index (χ2v) is 4.95. The lowest BCUT2D eigenvalue weighted by Gasteiger charge is -2.20. The molecular weight excluding hydrogens is 212 g/mol. The van der Waals surface area contributed by atoms with E-state index in [1.165, 1.54) is 12.0 Å². The van der Waals surface area contributed by atoms with Gasteiger partial charge in [-0.15, -0.1) is 0 Å². The number of hydrogen-bond donors (Lipinski definition) is 1. The number of rotatable bonds is 8. The van der Waals surface area contributed by atoms with Gasteiger partial charge < -0.3 is 10.2 Å². The molecule has 0 spiro atoms. The number of aromatic nitrogens is 2. The molecule has 1 aromatic rings. The predicted molar refractivity (Wildman–Crippen MR) is 72.2 cm³/mol. The monoisotopic (exact) mass is 238 g/mol. The van der Waals surface area contributed by atoms with Crippen LogP contribution in [0.2, 0.25) is 0 Å². The van der Waals surface area contributed by atoms with Crippen molar-refractivity contribution in [3.8, 4) is 0 Å². The molecule has 0 saturated heterocycles. The van der Waals surface area contributed by atoms with Gasteiger partial charge >= 0.3 is 0 Å². The Morgan fingerprint density at radius 2 is 2.18 bits per heavy atom. The molecule has 0 aliphatic carbocycles. The third-order valence-corrected chi connectivity index (χ3v) is 3.09. The number of nitrogens with zero attached hydrogens (tertiary/aromatic N) is 3. The Kier molecular flexibility index (Phi) is 6.22. The Hall–Kier alpha value is -0.870. The van der Waals surface area contributed by atoms with Gasteiger partial charge in [-0.1, -0.05) is 0 Å². The summed E-state index contributed by atoms with van der Waals surface area (Å²) in [6.07, 6.45) is 6.29. The highest BCUT2D eigenvalue weighted by Crippen LogP contribution is 1.97. The van der Waals surface area contributed by atoms with Crippen LogP contribution in [0.3, 0.4) is 0 Å². The van der Waals surface area contributed by atoms with E-state index in [1.54, 1.807) is 0 Å². The van der Waals surface area contributed by atoms with Crippen molar-refractivity contribution in [3.05, 3.63) is 18.0 Å². The Morgan fingerprint density at radius 1 is 1.41 bits per heavy atom. The van der Waals surface area contributed by atoms with Gasteiger partial charge in [0.2, 0.25) is 0 Å². The average Bonchev–Trinajstić information content (AvgIpc) is 2.68. The minimum Gasteiger partial charge on any atom is -0.316 e. The van der Waals surface area contributed by atoms with E-state index in [0.717, 1.165) is 26.1 Å². The van der Waals surface area contributed by atoms with Crippen molar-refractivity contribution in [1.82, 2.24) is 20.0 Å². The molecule has 17 heavy (non-hydrogen) atoms. The van der Waals surface area contributed by atoms with Crippen LogP contribution in [0.5, 0.6) is 0 Å². The van der Waals surface area contributed by atoms with Gasteiger partial charge in [0.25, 0.3) is 0 Å². The van der Waals surface area contributed by atoms with Gasteiger partial charge in [-0.3, -0.25) is 4.68 Å². The van der Waals surface area contributed by atoms with Crippen molar-refractivity contribution >= 4 is 0 Å². The lowest BCUT2D eigenvalue weighted by atomic mass is 10.2. The van der Waals surface area contributed by atoms with Crippen LogP contribution in [0.4, 0.5) is 0 Å². The molecule has 0 radical (unpaired) electrons.